The summed E-state index contributed by atoms with van der Waals surface area (Å²) in [5.74, 6) is -2.79. The third-order valence-corrected chi connectivity index (χ3v) is 6.93. The average Bonchev–Trinajstić information content (AvgIpc) is 3.73. The van der Waals surface area contributed by atoms with Gasteiger partial charge in [-0.2, -0.15) is 18.4 Å². The van der Waals surface area contributed by atoms with E-state index in [0.29, 0.717) is 16.9 Å². The van der Waals surface area contributed by atoms with Crippen LogP contribution in [0.15, 0.2) is 65.7 Å². The van der Waals surface area contributed by atoms with E-state index in [4.69, 9.17) is 9.90 Å². The van der Waals surface area contributed by atoms with Gasteiger partial charge in [0.2, 0.25) is 5.91 Å². The highest BCUT2D eigenvalue weighted by molar-refractivity contribution is 6.03. The Morgan fingerprint density at radius 2 is 1.68 bits per heavy atom. The number of hydrogen-bond acceptors (Lipinski definition) is 5. The number of aromatic nitrogens is 4. The number of aliphatic carboxylic acids is 1. The number of carbonyl (C=O) groups excluding carboxylic acids is 1. The Labute approximate surface area is 229 Å². The smallest absolute Gasteiger partial charge is 0.475 e. The van der Waals surface area contributed by atoms with Crippen molar-refractivity contribution < 1.29 is 27.9 Å². The normalized spacial score (nSPS) is 15.0. The summed E-state index contributed by atoms with van der Waals surface area (Å²) in [6.07, 6.45) is 0.309. The summed E-state index contributed by atoms with van der Waals surface area (Å²) in [5.41, 5.74) is 3.27. The molecule has 2 aromatic carbocycles. The SMILES string of the molecule is Cn1cc(-n2c(-c3cn(C(=O)[C@@H]4CCCN4)c4ccccc34)c(C#N)[nH]c2=O)c2ccccc21.O=C(O)C(F)(F)F. The first-order valence-electron chi connectivity index (χ1n) is 12.5. The first kappa shape index (κ1) is 27.5. The largest absolute Gasteiger partial charge is 0.490 e. The van der Waals surface area contributed by atoms with Gasteiger partial charge in [-0.3, -0.25) is 18.9 Å². The lowest BCUT2D eigenvalue weighted by molar-refractivity contribution is -0.192. The number of benzene rings is 2. The molecule has 0 amide bonds. The predicted molar refractivity (Wildman–Crippen MR) is 144 cm³/mol. The summed E-state index contributed by atoms with van der Waals surface area (Å²) in [5, 5.41) is 22.0. The first-order valence-corrected chi connectivity index (χ1v) is 12.5. The van der Waals surface area contributed by atoms with E-state index in [-0.39, 0.29) is 17.6 Å². The first-order chi connectivity index (χ1) is 19.5. The minimum atomic E-state index is -5.08. The van der Waals surface area contributed by atoms with Crippen molar-refractivity contribution in [2.75, 3.05) is 6.54 Å². The van der Waals surface area contributed by atoms with Crippen LogP contribution in [0.25, 0.3) is 38.8 Å². The van der Waals surface area contributed by atoms with Crippen LogP contribution in [0.2, 0.25) is 0 Å². The Balaban J connectivity index is 0.000000431. The fraction of sp³-hybridized carbons (Fsp3) is 0.214. The number of halogens is 3. The topological polar surface area (TPSA) is 138 Å². The van der Waals surface area contributed by atoms with Gasteiger partial charge in [0.15, 0.2) is 0 Å². The molecule has 210 valence electrons. The Hall–Kier alpha value is -5.09. The van der Waals surface area contributed by atoms with Crippen molar-refractivity contribution in [1.29, 1.82) is 5.26 Å². The average molecular weight is 565 g/mol. The third kappa shape index (κ3) is 4.89. The number of para-hydroxylation sites is 2. The fourth-order valence-corrected chi connectivity index (χ4v) is 5.11. The molecule has 3 aromatic heterocycles. The number of hydrogen-bond donors (Lipinski definition) is 3. The van der Waals surface area contributed by atoms with Gasteiger partial charge in [0.05, 0.1) is 22.9 Å². The maximum atomic E-state index is 13.4. The highest BCUT2D eigenvalue weighted by atomic mass is 19.4. The number of imidazole rings is 1. The molecule has 1 aliphatic rings. The van der Waals surface area contributed by atoms with E-state index >= 15 is 0 Å². The Bertz CT molecular complexity index is 1900. The minimum Gasteiger partial charge on any atom is -0.475 e. The van der Waals surface area contributed by atoms with Gasteiger partial charge in [-0.05, 0) is 31.5 Å². The molecule has 3 N–H and O–H groups in total. The fourth-order valence-electron chi connectivity index (χ4n) is 5.11. The zero-order valence-corrected chi connectivity index (χ0v) is 21.6. The Kier molecular flexibility index (Phi) is 7.02. The van der Waals surface area contributed by atoms with Crippen molar-refractivity contribution >= 4 is 33.7 Å². The molecule has 6 rings (SSSR count). The van der Waals surface area contributed by atoms with Crippen LogP contribution < -0.4 is 11.0 Å². The molecule has 0 aliphatic carbocycles. The number of nitrogens with zero attached hydrogens (tertiary/aromatic N) is 4. The van der Waals surface area contributed by atoms with Crippen LogP contribution in [0.3, 0.4) is 0 Å². The summed E-state index contributed by atoms with van der Waals surface area (Å²) in [4.78, 5) is 38.2. The molecule has 1 atom stereocenters. The number of carbonyl (C=O) groups is 2. The van der Waals surface area contributed by atoms with Crippen LogP contribution >= 0.6 is 0 Å². The maximum Gasteiger partial charge on any atom is 0.490 e. The summed E-state index contributed by atoms with van der Waals surface area (Å²) < 4.78 is 36.9. The molecule has 4 heterocycles. The van der Waals surface area contributed by atoms with Crippen LogP contribution in [0.4, 0.5) is 13.2 Å². The van der Waals surface area contributed by atoms with Crippen molar-refractivity contribution in [2.24, 2.45) is 7.05 Å². The van der Waals surface area contributed by atoms with Crippen molar-refractivity contribution in [1.82, 2.24) is 24.0 Å². The summed E-state index contributed by atoms with van der Waals surface area (Å²) in [7, 11) is 1.92. The second-order valence-electron chi connectivity index (χ2n) is 9.46. The van der Waals surface area contributed by atoms with E-state index in [1.54, 1.807) is 15.3 Å². The Morgan fingerprint density at radius 3 is 2.29 bits per heavy atom. The van der Waals surface area contributed by atoms with Crippen molar-refractivity contribution in [2.45, 2.75) is 25.1 Å². The van der Waals surface area contributed by atoms with Crippen molar-refractivity contribution in [3.8, 4) is 23.0 Å². The molecule has 1 saturated heterocycles. The van der Waals surface area contributed by atoms with E-state index in [9.17, 15) is 28.0 Å². The summed E-state index contributed by atoms with van der Waals surface area (Å²) in [6, 6.07) is 17.3. The molecule has 0 unspecified atom stereocenters. The highest BCUT2D eigenvalue weighted by Gasteiger charge is 2.38. The lowest BCUT2D eigenvalue weighted by atomic mass is 10.1. The molecular formula is C28H23F3N6O4. The van der Waals surface area contributed by atoms with Gasteiger partial charge >= 0.3 is 17.8 Å². The van der Waals surface area contributed by atoms with Gasteiger partial charge in [0.25, 0.3) is 0 Å². The zero-order valence-electron chi connectivity index (χ0n) is 21.6. The van der Waals surface area contributed by atoms with Crippen LogP contribution in [0, 0.1) is 11.3 Å². The molecule has 10 nitrogen and oxygen atoms in total. The highest BCUT2D eigenvalue weighted by Crippen LogP contribution is 2.35. The zero-order chi connectivity index (χ0) is 29.5. The number of nitrogens with one attached hydrogen (secondary N) is 2. The van der Waals surface area contributed by atoms with E-state index in [1.807, 2.05) is 66.3 Å². The number of H-pyrrole nitrogens is 1. The van der Waals surface area contributed by atoms with E-state index in [1.165, 1.54) is 0 Å². The molecular weight excluding hydrogens is 541 g/mol. The van der Waals surface area contributed by atoms with Crippen molar-refractivity contribution in [3.05, 3.63) is 77.1 Å². The van der Waals surface area contributed by atoms with Crippen LogP contribution in [-0.2, 0) is 11.8 Å². The monoisotopic (exact) mass is 564 g/mol. The predicted octanol–water partition coefficient (Wildman–Crippen LogP) is 4.18. The maximum absolute atomic E-state index is 13.4. The number of aryl methyl sites for hydroxylation is 1. The number of carboxylic acid groups (broad SMARTS) is 1. The molecule has 0 radical (unpaired) electrons. The number of nitriles is 1. The minimum absolute atomic E-state index is 0.0342. The standard InChI is InChI=1S/C26H22N6O2.C2HF3O2/c1-30-15-23(17-8-3-4-10-21(17)30)32-24(20(13-27)29-26(32)34)18-14-31(22-11-5-2-7-16(18)22)25(33)19-9-6-12-28-19;3-2(4,5)1(6)7/h2-5,7-8,10-11,14-15,19,28H,6,9,12H2,1H3,(H,29,34);(H,6,7)/t19-;/m0./s1. The second-order valence-corrected chi connectivity index (χ2v) is 9.46. The molecule has 0 spiro atoms. The summed E-state index contributed by atoms with van der Waals surface area (Å²) in [6.45, 7) is 0.819. The lowest BCUT2D eigenvalue weighted by Crippen LogP contribution is -2.34. The third-order valence-electron chi connectivity index (χ3n) is 6.93. The van der Waals surface area contributed by atoms with Crippen molar-refractivity contribution in [3.63, 3.8) is 0 Å². The van der Waals surface area contributed by atoms with E-state index < -0.39 is 17.8 Å². The number of rotatable bonds is 3. The van der Waals surface area contributed by atoms with Gasteiger partial charge in [0, 0.05) is 41.3 Å². The Morgan fingerprint density at radius 1 is 1.05 bits per heavy atom. The van der Waals surface area contributed by atoms with Gasteiger partial charge < -0.3 is 15.0 Å². The number of carboxylic acids is 1. The van der Waals surface area contributed by atoms with Gasteiger partial charge in [-0.15, -0.1) is 0 Å². The van der Waals surface area contributed by atoms with Gasteiger partial charge in [0.1, 0.15) is 11.8 Å². The molecule has 1 fully saturated rings. The second kappa shape index (κ2) is 10.5. The molecule has 0 bridgehead atoms. The van der Waals surface area contributed by atoms with Crippen LogP contribution in [0.1, 0.15) is 23.3 Å². The van der Waals surface area contributed by atoms with Crippen LogP contribution in [0.5, 0.6) is 0 Å². The lowest BCUT2D eigenvalue weighted by Gasteiger charge is -2.10. The molecule has 41 heavy (non-hydrogen) atoms. The quantitative estimate of drug-likeness (QED) is 0.301. The van der Waals surface area contributed by atoms with Gasteiger partial charge in [-0.25, -0.2) is 9.59 Å². The summed E-state index contributed by atoms with van der Waals surface area (Å²) >= 11 is 0. The van der Waals surface area contributed by atoms with Gasteiger partial charge in [-0.1, -0.05) is 36.4 Å². The molecule has 13 heteroatoms. The molecule has 1 aliphatic heterocycles. The molecule has 5 aromatic rings. The van der Waals surface area contributed by atoms with E-state index in [0.717, 1.165) is 41.2 Å². The van der Waals surface area contributed by atoms with E-state index in [2.05, 4.69) is 16.4 Å². The number of alkyl halides is 3. The number of fused-ring (bicyclic) bond motifs is 2. The molecule has 0 saturated carbocycles. The van der Waals surface area contributed by atoms with Crippen LogP contribution in [-0.4, -0.2) is 54.4 Å². The number of aromatic amines is 1.